The minimum atomic E-state index is -3.68. The number of benzene rings is 1. The molecule has 0 heterocycles. The van der Waals surface area contributed by atoms with Crippen LogP contribution < -0.4 is 4.72 Å². The van der Waals surface area contributed by atoms with Gasteiger partial charge in [0.2, 0.25) is 10.0 Å². The molecule has 3 atom stereocenters. The van der Waals surface area contributed by atoms with Gasteiger partial charge in [0, 0.05) is 17.9 Å². The molecule has 2 saturated carbocycles. The van der Waals surface area contributed by atoms with E-state index in [0.29, 0.717) is 19.3 Å². The molecule has 2 fully saturated rings. The molecule has 2 unspecified atom stereocenters. The van der Waals surface area contributed by atoms with E-state index in [1.165, 1.54) is 0 Å². The van der Waals surface area contributed by atoms with Crippen molar-refractivity contribution in [2.75, 3.05) is 12.4 Å². The maximum atomic E-state index is 12.8. The van der Waals surface area contributed by atoms with Crippen LogP contribution in [-0.4, -0.2) is 37.7 Å². The minimum Gasteiger partial charge on any atom is -0.395 e. The highest BCUT2D eigenvalue weighted by Crippen LogP contribution is 2.64. The number of carbonyl (C=O) groups is 1. The molecule has 1 aromatic carbocycles. The molecule has 6 heteroatoms. The Bertz CT molecular complexity index is 744. The van der Waals surface area contributed by atoms with Gasteiger partial charge in [0.15, 0.2) is 0 Å². The number of aliphatic hydroxyl groups is 1. The summed E-state index contributed by atoms with van der Waals surface area (Å²) in [5, 5.41) is 9.60. The second-order valence-corrected chi connectivity index (χ2v) is 9.87. The number of ketones is 1. The summed E-state index contributed by atoms with van der Waals surface area (Å²) in [6.07, 6.45) is 2.48. The fourth-order valence-corrected chi connectivity index (χ4v) is 6.85. The molecule has 2 aliphatic rings. The van der Waals surface area contributed by atoms with E-state index in [-0.39, 0.29) is 29.5 Å². The Balaban J connectivity index is 1.74. The molecule has 0 aliphatic heterocycles. The third kappa shape index (κ3) is 3.27. The highest BCUT2D eigenvalue weighted by atomic mass is 32.2. The summed E-state index contributed by atoms with van der Waals surface area (Å²) in [6.45, 7) is 3.78. The molecule has 138 valence electrons. The van der Waals surface area contributed by atoms with E-state index in [4.69, 9.17) is 0 Å². The van der Waals surface area contributed by atoms with Crippen molar-refractivity contribution in [2.45, 2.75) is 45.6 Å². The van der Waals surface area contributed by atoms with Gasteiger partial charge in [-0.3, -0.25) is 4.79 Å². The summed E-state index contributed by atoms with van der Waals surface area (Å²) in [7, 11) is -3.68. The first kappa shape index (κ1) is 18.5. The SMILES string of the molecule is CC1(C)C2CCC1(CS(=O)(=O)N[C@@H](CO)Cc1ccccc1)C(=O)C2. The molecular formula is C19H27NO4S. The Hall–Kier alpha value is -1.24. The fraction of sp³-hybridized carbons (Fsp3) is 0.632. The van der Waals surface area contributed by atoms with E-state index in [2.05, 4.69) is 4.72 Å². The lowest BCUT2D eigenvalue weighted by atomic mass is 9.70. The summed E-state index contributed by atoms with van der Waals surface area (Å²) in [5.74, 6) is 0.198. The van der Waals surface area contributed by atoms with Crippen molar-refractivity contribution >= 4 is 15.8 Å². The number of sulfonamides is 1. The van der Waals surface area contributed by atoms with Gasteiger partial charge in [0.25, 0.3) is 0 Å². The number of Topliss-reactive ketones (excluding diaryl/α,β-unsaturated/α-hetero) is 1. The van der Waals surface area contributed by atoms with E-state index >= 15 is 0 Å². The lowest BCUT2D eigenvalue weighted by molar-refractivity contribution is -0.128. The van der Waals surface area contributed by atoms with Crippen molar-refractivity contribution in [2.24, 2.45) is 16.7 Å². The minimum absolute atomic E-state index is 0.0859. The molecule has 2 bridgehead atoms. The lowest BCUT2D eigenvalue weighted by Crippen LogP contribution is -2.48. The molecule has 2 N–H and O–H groups in total. The van der Waals surface area contributed by atoms with Crippen LogP contribution in [0.4, 0.5) is 0 Å². The van der Waals surface area contributed by atoms with E-state index in [1.807, 2.05) is 44.2 Å². The lowest BCUT2D eigenvalue weighted by Gasteiger charge is -2.36. The molecule has 2 aliphatic carbocycles. The molecule has 3 rings (SSSR count). The van der Waals surface area contributed by atoms with Crippen molar-refractivity contribution in [3.8, 4) is 0 Å². The molecule has 5 nitrogen and oxygen atoms in total. The maximum absolute atomic E-state index is 12.8. The third-order valence-electron chi connectivity index (χ3n) is 6.47. The highest BCUT2D eigenvalue weighted by molar-refractivity contribution is 7.89. The van der Waals surface area contributed by atoms with Gasteiger partial charge in [-0.05, 0) is 36.2 Å². The topological polar surface area (TPSA) is 83.5 Å². The Kier molecular flexibility index (Phi) is 4.81. The number of carbonyl (C=O) groups excluding carboxylic acids is 1. The van der Waals surface area contributed by atoms with Gasteiger partial charge < -0.3 is 5.11 Å². The molecule has 0 spiro atoms. The van der Waals surface area contributed by atoms with Crippen LogP contribution in [0, 0.1) is 16.7 Å². The van der Waals surface area contributed by atoms with Gasteiger partial charge in [-0.15, -0.1) is 0 Å². The van der Waals surface area contributed by atoms with Crippen LogP contribution in [0.5, 0.6) is 0 Å². The van der Waals surface area contributed by atoms with E-state index in [9.17, 15) is 18.3 Å². The van der Waals surface area contributed by atoms with E-state index < -0.39 is 21.5 Å². The zero-order chi connectivity index (χ0) is 18.3. The first-order valence-electron chi connectivity index (χ1n) is 8.88. The Morgan fingerprint density at radius 3 is 2.48 bits per heavy atom. The van der Waals surface area contributed by atoms with Gasteiger partial charge in [-0.2, -0.15) is 0 Å². The first-order chi connectivity index (χ1) is 11.7. The number of fused-ring (bicyclic) bond motifs is 2. The quantitative estimate of drug-likeness (QED) is 0.773. The van der Waals surface area contributed by atoms with E-state index in [1.54, 1.807) is 0 Å². The normalized spacial score (nSPS) is 29.1. The fourth-order valence-electron chi connectivity index (χ4n) is 4.77. The van der Waals surface area contributed by atoms with Crippen molar-refractivity contribution < 1.29 is 18.3 Å². The Morgan fingerprint density at radius 2 is 1.96 bits per heavy atom. The van der Waals surface area contributed by atoms with Crippen LogP contribution >= 0.6 is 0 Å². The van der Waals surface area contributed by atoms with Crippen molar-refractivity contribution in [1.29, 1.82) is 0 Å². The van der Waals surface area contributed by atoms with Gasteiger partial charge in [0.05, 0.1) is 12.4 Å². The Labute approximate surface area is 149 Å². The number of nitrogens with one attached hydrogen (secondary N) is 1. The van der Waals surface area contributed by atoms with Crippen LogP contribution in [0.2, 0.25) is 0 Å². The smallest absolute Gasteiger partial charge is 0.212 e. The molecule has 0 aromatic heterocycles. The number of hydrogen-bond donors (Lipinski definition) is 2. The second kappa shape index (κ2) is 6.49. The molecule has 25 heavy (non-hydrogen) atoms. The summed E-state index contributed by atoms with van der Waals surface area (Å²) >= 11 is 0. The summed E-state index contributed by atoms with van der Waals surface area (Å²) in [4.78, 5) is 12.6. The largest absolute Gasteiger partial charge is 0.395 e. The van der Waals surface area contributed by atoms with Crippen LogP contribution in [0.15, 0.2) is 30.3 Å². The summed E-state index contributed by atoms with van der Waals surface area (Å²) < 4.78 is 28.2. The molecule has 0 radical (unpaired) electrons. The number of hydrogen-bond acceptors (Lipinski definition) is 4. The number of rotatable bonds is 7. The average molecular weight is 365 g/mol. The monoisotopic (exact) mass is 365 g/mol. The maximum Gasteiger partial charge on any atom is 0.212 e. The highest BCUT2D eigenvalue weighted by Gasteiger charge is 2.65. The number of aliphatic hydroxyl groups excluding tert-OH is 1. The van der Waals surface area contributed by atoms with Crippen molar-refractivity contribution in [3.63, 3.8) is 0 Å². The molecule has 1 aromatic rings. The van der Waals surface area contributed by atoms with Crippen LogP contribution in [-0.2, 0) is 21.2 Å². The molecule has 0 amide bonds. The standard InChI is InChI=1S/C19H27NO4S/c1-18(2)15-8-9-19(18,17(22)11-15)13-25(23,24)20-16(12-21)10-14-6-4-3-5-7-14/h3-7,15-16,20-21H,8-13H2,1-2H3/t15?,16-,19?/m1/s1. The molecule has 0 saturated heterocycles. The van der Waals surface area contributed by atoms with Crippen molar-refractivity contribution in [1.82, 2.24) is 4.72 Å². The predicted molar refractivity (Wildman–Crippen MR) is 96.5 cm³/mol. The summed E-state index contributed by atoms with van der Waals surface area (Å²) in [5.41, 5.74) is -0.107. The van der Waals surface area contributed by atoms with Crippen molar-refractivity contribution in [3.05, 3.63) is 35.9 Å². The van der Waals surface area contributed by atoms with Gasteiger partial charge >= 0.3 is 0 Å². The third-order valence-corrected chi connectivity index (χ3v) is 8.03. The zero-order valence-electron chi connectivity index (χ0n) is 14.9. The predicted octanol–water partition coefficient (Wildman–Crippen LogP) is 1.90. The van der Waals surface area contributed by atoms with Gasteiger partial charge in [0.1, 0.15) is 5.78 Å². The van der Waals surface area contributed by atoms with E-state index in [0.717, 1.165) is 12.0 Å². The Morgan fingerprint density at radius 1 is 1.28 bits per heavy atom. The van der Waals surface area contributed by atoms with Crippen LogP contribution in [0.25, 0.3) is 0 Å². The van der Waals surface area contributed by atoms with Crippen LogP contribution in [0.3, 0.4) is 0 Å². The first-order valence-corrected chi connectivity index (χ1v) is 10.5. The van der Waals surface area contributed by atoms with Gasteiger partial charge in [-0.25, -0.2) is 13.1 Å². The van der Waals surface area contributed by atoms with Crippen LogP contribution in [0.1, 0.15) is 38.7 Å². The summed E-state index contributed by atoms with van der Waals surface area (Å²) in [6, 6.07) is 8.89. The average Bonchev–Trinajstić information content (AvgIpc) is 2.88. The van der Waals surface area contributed by atoms with Gasteiger partial charge in [-0.1, -0.05) is 44.2 Å². The second-order valence-electron chi connectivity index (χ2n) is 8.11. The zero-order valence-corrected chi connectivity index (χ0v) is 15.7. The molecular weight excluding hydrogens is 338 g/mol.